The van der Waals surface area contributed by atoms with Gasteiger partial charge in [0.15, 0.2) is 0 Å². The van der Waals surface area contributed by atoms with Crippen LogP contribution in [0.3, 0.4) is 0 Å². The zero-order valence-electron chi connectivity index (χ0n) is 26.7. The van der Waals surface area contributed by atoms with Gasteiger partial charge < -0.3 is 42.9 Å². The third-order valence-electron chi connectivity index (χ3n) is 8.26. The van der Waals surface area contributed by atoms with Crippen LogP contribution in [0.15, 0.2) is 0 Å². The van der Waals surface area contributed by atoms with E-state index < -0.39 is 0 Å². The van der Waals surface area contributed by atoms with E-state index in [0.717, 1.165) is 0 Å². The number of rotatable bonds is 28. The minimum Gasteiger partial charge on any atom is -1.00 e. The maximum absolute atomic E-state index is 2.46. The first-order chi connectivity index (χ1) is 16.8. The maximum atomic E-state index is 2.46. The highest BCUT2D eigenvalue weighted by Gasteiger charge is 2.16. The van der Waals surface area contributed by atoms with Crippen molar-refractivity contribution < 1.29 is 42.9 Å². The summed E-state index contributed by atoms with van der Waals surface area (Å²) in [6.45, 7) is 10.1. The van der Waals surface area contributed by atoms with Crippen molar-refractivity contribution in [3.63, 3.8) is 0 Å². The highest BCUT2D eigenvalue weighted by Crippen LogP contribution is 2.14. The Hall–Kier alpha value is 0.880. The average Bonchev–Trinajstić information content (AvgIpc) is 2.81. The number of hydrogen-bond donors (Lipinski definition) is 0. The van der Waals surface area contributed by atoms with Crippen molar-refractivity contribution in [2.24, 2.45) is 0 Å². The molecule has 0 saturated heterocycles. The first kappa shape index (κ1) is 42.3. The van der Waals surface area contributed by atoms with E-state index in [-0.39, 0.29) is 34.0 Å². The molecule has 0 unspecified atom stereocenters. The van der Waals surface area contributed by atoms with Crippen LogP contribution in [-0.2, 0) is 0 Å². The van der Waals surface area contributed by atoms with Gasteiger partial charge in [-0.25, -0.2) is 0 Å². The predicted octanol–water partition coefficient (Wildman–Crippen LogP) is 4.16. The van der Waals surface area contributed by atoms with Gasteiger partial charge in [-0.3, -0.25) is 0 Å². The van der Waals surface area contributed by atoms with Crippen molar-refractivity contribution in [2.45, 2.75) is 162 Å². The van der Waals surface area contributed by atoms with Crippen molar-refractivity contribution >= 4 is 0 Å². The Balaban J connectivity index is -0.00000578. The summed E-state index contributed by atoms with van der Waals surface area (Å²) in [5.74, 6) is 0. The van der Waals surface area contributed by atoms with E-state index in [1.807, 2.05) is 0 Å². The first-order valence-electron chi connectivity index (χ1n) is 16.5. The monoisotopic (exact) mass is 654 g/mol. The Labute approximate surface area is 257 Å². The lowest BCUT2D eigenvalue weighted by molar-refractivity contribution is -0.892. The summed E-state index contributed by atoms with van der Waals surface area (Å²) in [5, 5.41) is 0. The molecule has 0 aromatic carbocycles. The molecule has 0 aromatic rings. The standard InChI is InChI=1S/C33H72N2.2BrH/c1-7-9-11-13-15-17-19-21-23-26-30-34(3,4)32-28-25-29-33-35(5,6)31-27-24-22-20-18-16-14-12-10-8-2;;/h7-33H2,1-6H3;2*1H/q+2;;/p-2. The topological polar surface area (TPSA) is 0 Å². The van der Waals surface area contributed by atoms with Gasteiger partial charge in [0.05, 0.1) is 54.4 Å². The molecule has 0 fully saturated rings. The zero-order valence-corrected chi connectivity index (χ0v) is 29.9. The molecule has 0 heterocycles. The van der Waals surface area contributed by atoms with Crippen molar-refractivity contribution in [1.82, 2.24) is 0 Å². The van der Waals surface area contributed by atoms with Crippen LogP contribution >= 0.6 is 0 Å². The SMILES string of the molecule is CCCCCCCCCCCC[N+](C)(C)CCCCC[N+](C)(C)CCCCCCCCCCCC.[Br-].[Br-]. The lowest BCUT2D eigenvalue weighted by atomic mass is 10.1. The van der Waals surface area contributed by atoms with E-state index in [1.54, 1.807) is 0 Å². The van der Waals surface area contributed by atoms with Crippen LogP contribution in [0.4, 0.5) is 0 Å². The Morgan fingerprint density at radius 2 is 0.432 bits per heavy atom. The van der Waals surface area contributed by atoms with Gasteiger partial charge in [0, 0.05) is 0 Å². The van der Waals surface area contributed by atoms with E-state index in [4.69, 9.17) is 0 Å². The normalized spacial score (nSPS) is 11.8. The molecule has 0 atom stereocenters. The number of halogens is 2. The van der Waals surface area contributed by atoms with Gasteiger partial charge in [0.25, 0.3) is 0 Å². The molecule has 0 N–H and O–H groups in total. The third-order valence-corrected chi connectivity index (χ3v) is 8.26. The molecule has 0 aliphatic carbocycles. The van der Waals surface area contributed by atoms with Crippen LogP contribution < -0.4 is 34.0 Å². The lowest BCUT2D eigenvalue weighted by Gasteiger charge is -2.31. The summed E-state index contributed by atoms with van der Waals surface area (Å²) in [6.07, 6.45) is 33.1. The van der Waals surface area contributed by atoms with E-state index in [2.05, 4.69) is 42.0 Å². The maximum Gasteiger partial charge on any atom is 0.0782 e. The quantitative estimate of drug-likeness (QED) is 0.0878. The summed E-state index contributed by atoms with van der Waals surface area (Å²) in [5.41, 5.74) is 0. The summed E-state index contributed by atoms with van der Waals surface area (Å²) in [6, 6.07) is 0. The fourth-order valence-corrected chi connectivity index (χ4v) is 5.53. The molecule has 0 bridgehead atoms. The largest absolute Gasteiger partial charge is 1.00 e. The van der Waals surface area contributed by atoms with Gasteiger partial charge in [-0.15, -0.1) is 0 Å². The second kappa shape index (κ2) is 29.9. The van der Waals surface area contributed by atoms with Gasteiger partial charge in [0.1, 0.15) is 0 Å². The second-order valence-corrected chi connectivity index (χ2v) is 13.2. The molecule has 0 amide bonds. The molecule has 0 radical (unpaired) electrons. The van der Waals surface area contributed by atoms with E-state index >= 15 is 0 Å². The van der Waals surface area contributed by atoms with E-state index in [0.29, 0.717) is 0 Å². The number of unbranched alkanes of at least 4 members (excludes halogenated alkanes) is 20. The van der Waals surface area contributed by atoms with Gasteiger partial charge >= 0.3 is 0 Å². The molecule has 0 rings (SSSR count). The molecule has 228 valence electrons. The van der Waals surface area contributed by atoms with E-state index in [1.165, 1.54) is 183 Å². The summed E-state index contributed by atoms with van der Waals surface area (Å²) >= 11 is 0. The molecule has 2 nitrogen and oxygen atoms in total. The smallest absolute Gasteiger partial charge is 0.0782 e. The van der Waals surface area contributed by atoms with Gasteiger partial charge in [0.2, 0.25) is 0 Å². The van der Waals surface area contributed by atoms with Crippen molar-refractivity contribution in [3.05, 3.63) is 0 Å². The molecule has 0 aliphatic heterocycles. The van der Waals surface area contributed by atoms with Gasteiger partial charge in [-0.05, 0) is 44.9 Å². The molecular formula is C33H72Br2N2. The van der Waals surface area contributed by atoms with Crippen molar-refractivity contribution in [3.8, 4) is 0 Å². The first-order valence-corrected chi connectivity index (χ1v) is 16.5. The third kappa shape index (κ3) is 33.0. The molecule has 37 heavy (non-hydrogen) atoms. The van der Waals surface area contributed by atoms with Gasteiger partial charge in [-0.2, -0.15) is 0 Å². The van der Waals surface area contributed by atoms with Crippen molar-refractivity contribution in [2.75, 3.05) is 54.4 Å². The highest BCUT2D eigenvalue weighted by molar-refractivity contribution is 4.50. The van der Waals surface area contributed by atoms with Crippen LogP contribution in [0.2, 0.25) is 0 Å². The number of quaternary nitrogens is 2. The van der Waals surface area contributed by atoms with Crippen molar-refractivity contribution in [1.29, 1.82) is 0 Å². The van der Waals surface area contributed by atoms with Crippen LogP contribution in [0.1, 0.15) is 162 Å². The second-order valence-electron chi connectivity index (χ2n) is 13.2. The van der Waals surface area contributed by atoms with E-state index in [9.17, 15) is 0 Å². The Morgan fingerprint density at radius 3 is 0.649 bits per heavy atom. The highest BCUT2D eigenvalue weighted by atomic mass is 79.9. The Kier molecular flexibility index (Phi) is 34.2. The van der Waals surface area contributed by atoms with Crippen LogP contribution in [0.25, 0.3) is 0 Å². The van der Waals surface area contributed by atoms with Gasteiger partial charge in [-0.1, -0.05) is 117 Å². The lowest BCUT2D eigenvalue weighted by Crippen LogP contribution is -3.00. The Bertz CT molecular complexity index is 389. The average molecular weight is 657 g/mol. The summed E-state index contributed by atoms with van der Waals surface area (Å²) < 4.78 is 2.46. The summed E-state index contributed by atoms with van der Waals surface area (Å²) in [4.78, 5) is 0. The minimum absolute atomic E-state index is 0. The molecular weight excluding hydrogens is 584 g/mol. The van der Waals surface area contributed by atoms with Crippen LogP contribution in [-0.4, -0.2) is 63.3 Å². The number of hydrogen-bond acceptors (Lipinski definition) is 0. The molecule has 0 spiro atoms. The fourth-order valence-electron chi connectivity index (χ4n) is 5.53. The molecule has 0 aliphatic rings. The predicted molar refractivity (Wildman–Crippen MR) is 161 cm³/mol. The molecule has 0 saturated carbocycles. The number of nitrogens with zero attached hydrogens (tertiary/aromatic N) is 2. The molecule has 4 heteroatoms. The Morgan fingerprint density at radius 1 is 0.270 bits per heavy atom. The zero-order chi connectivity index (χ0) is 26.1. The molecule has 0 aromatic heterocycles. The van der Waals surface area contributed by atoms with Crippen LogP contribution in [0.5, 0.6) is 0 Å². The summed E-state index contributed by atoms with van der Waals surface area (Å²) in [7, 11) is 9.83. The van der Waals surface area contributed by atoms with Crippen LogP contribution in [0, 0.1) is 0 Å². The minimum atomic E-state index is 0. The fraction of sp³-hybridized carbons (Fsp3) is 1.00.